The van der Waals surface area contributed by atoms with Gasteiger partial charge in [0, 0.05) is 27.5 Å². The number of likely N-dealkylation sites (tertiary alicyclic amines) is 1. The largest absolute Gasteiger partial charge is 0.491 e. The van der Waals surface area contributed by atoms with Gasteiger partial charge in [0.15, 0.2) is 0 Å². The van der Waals surface area contributed by atoms with Gasteiger partial charge in [0.25, 0.3) is 0 Å². The van der Waals surface area contributed by atoms with E-state index in [1.54, 1.807) is 24.3 Å². The lowest BCUT2D eigenvalue weighted by molar-refractivity contribution is -0.145. The average Bonchev–Trinajstić information content (AvgIpc) is 3.49. The third kappa shape index (κ3) is 10.5. The molecular formula is C36H45FN2O5. The molecule has 0 radical (unpaired) electrons. The lowest BCUT2D eigenvalue weighted by Gasteiger charge is -2.22. The molecule has 1 heterocycles. The van der Waals surface area contributed by atoms with Gasteiger partial charge in [0.2, 0.25) is 11.8 Å². The van der Waals surface area contributed by atoms with Crippen LogP contribution in [0.15, 0.2) is 84.9 Å². The second kappa shape index (κ2) is 17.2. The van der Waals surface area contributed by atoms with E-state index in [1.807, 2.05) is 65.6 Å². The molecule has 1 saturated heterocycles. The standard InChI is InChI=1S/C21H28FNO4.C15H15NO.H2/c22-9-10-27-19-7-5-15(6-8-19)11-18(21(25)26)12-20(24)23-13-16-3-1-2-4-17(16)14-23;17-15(11-13-7-3-1-4-8-13)16-12-14-9-5-2-6-10-14;/h5-8,16-18H,1-4,9-14H2,(H,25,26);1-10H,11-12H2,(H,16,17);1H/t16-,17+,18?;;. The van der Waals surface area contributed by atoms with Crippen LogP contribution >= 0.6 is 0 Å². The molecule has 236 valence electrons. The maximum atomic E-state index is 12.7. The summed E-state index contributed by atoms with van der Waals surface area (Å²) in [5, 5.41) is 12.5. The number of carbonyl (C=O) groups excluding carboxylic acids is 2. The van der Waals surface area contributed by atoms with Crippen LogP contribution in [0.3, 0.4) is 0 Å². The van der Waals surface area contributed by atoms with E-state index in [0.29, 0.717) is 37.0 Å². The van der Waals surface area contributed by atoms with Crippen molar-refractivity contribution in [2.75, 3.05) is 26.4 Å². The highest BCUT2D eigenvalue weighted by Gasteiger charge is 2.37. The molecule has 5 rings (SSSR count). The fourth-order valence-corrected chi connectivity index (χ4v) is 6.00. The second-order valence-electron chi connectivity index (χ2n) is 11.7. The summed E-state index contributed by atoms with van der Waals surface area (Å²) >= 11 is 0. The topological polar surface area (TPSA) is 95.9 Å². The maximum Gasteiger partial charge on any atom is 0.307 e. The van der Waals surface area contributed by atoms with Crippen molar-refractivity contribution in [3.63, 3.8) is 0 Å². The van der Waals surface area contributed by atoms with Crippen molar-refractivity contribution in [2.24, 2.45) is 17.8 Å². The lowest BCUT2D eigenvalue weighted by Crippen LogP contribution is -2.33. The number of carbonyl (C=O) groups is 3. The van der Waals surface area contributed by atoms with Gasteiger partial charge in [0.05, 0.1) is 12.3 Å². The summed E-state index contributed by atoms with van der Waals surface area (Å²) < 4.78 is 17.3. The Morgan fingerprint density at radius 2 is 1.45 bits per heavy atom. The number of benzene rings is 3. The number of amides is 2. The third-order valence-corrected chi connectivity index (χ3v) is 8.39. The first-order valence-electron chi connectivity index (χ1n) is 15.5. The van der Waals surface area contributed by atoms with E-state index in [9.17, 15) is 23.9 Å². The molecule has 2 aliphatic rings. The van der Waals surface area contributed by atoms with Crippen molar-refractivity contribution in [1.29, 1.82) is 0 Å². The molecule has 7 nitrogen and oxygen atoms in total. The number of carboxylic acids is 1. The number of halogens is 1. The summed E-state index contributed by atoms with van der Waals surface area (Å²) in [5.41, 5.74) is 2.99. The number of nitrogens with zero attached hydrogens (tertiary/aromatic N) is 1. The van der Waals surface area contributed by atoms with Gasteiger partial charge in [-0.15, -0.1) is 0 Å². The molecule has 1 saturated carbocycles. The van der Waals surface area contributed by atoms with Crippen LogP contribution in [0.25, 0.3) is 0 Å². The minimum absolute atomic E-state index is 0. The number of hydrogen-bond donors (Lipinski definition) is 2. The van der Waals surface area contributed by atoms with Crippen LogP contribution in [0.4, 0.5) is 4.39 Å². The van der Waals surface area contributed by atoms with E-state index in [4.69, 9.17) is 4.74 Å². The SMILES string of the molecule is O=C(Cc1ccccc1)NCc1ccccc1.O=C(O)C(CC(=O)N1C[C@H]2CCCC[C@H]2C1)Cc1ccc(OCCF)cc1.[HH]. The molecule has 0 spiro atoms. The number of fused-ring (bicyclic) bond motifs is 1. The molecule has 3 aromatic rings. The van der Waals surface area contributed by atoms with Crippen molar-refractivity contribution in [3.8, 4) is 5.75 Å². The van der Waals surface area contributed by atoms with E-state index < -0.39 is 18.6 Å². The zero-order valence-electron chi connectivity index (χ0n) is 25.2. The molecule has 1 aliphatic heterocycles. The highest BCUT2D eigenvalue weighted by atomic mass is 19.1. The Labute approximate surface area is 260 Å². The van der Waals surface area contributed by atoms with Crippen LogP contribution < -0.4 is 10.1 Å². The highest BCUT2D eigenvalue weighted by Crippen LogP contribution is 2.36. The van der Waals surface area contributed by atoms with E-state index in [1.165, 1.54) is 25.7 Å². The van der Waals surface area contributed by atoms with Crippen molar-refractivity contribution in [2.45, 2.75) is 51.5 Å². The number of nitrogens with one attached hydrogen (secondary N) is 1. The van der Waals surface area contributed by atoms with Gasteiger partial charge < -0.3 is 20.1 Å². The van der Waals surface area contributed by atoms with Crippen molar-refractivity contribution in [1.82, 2.24) is 10.2 Å². The zero-order chi connectivity index (χ0) is 31.1. The molecule has 8 heteroatoms. The molecule has 3 aromatic carbocycles. The van der Waals surface area contributed by atoms with Crippen LogP contribution in [-0.4, -0.2) is 54.2 Å². The summed E-state index contributed by atoms with van der Waals surface area (Å²) in [6, 6.07) is 26.6. The quantitative estimate of drug-likeness (QED) is 0.260. The number of hydrogen-bond acceptors (Lipinski definition) is 4. The summed E-state index contributed by atoms with van der Waals surface area (Å²) in [5.74, 6) is 0.0833. The van der Waals surface area contributed by atoms with E-state index >= 15 is 0 Å². The molecule has 1 unspecified atom stereocenters. The molecular weight excluding hydrogens is 559 g/mol. The number of ether oxygens (including phenoxy) is 1. The Morgan fingerprint density at radius 3 is 2.02 bits per heavy atom. The van der Waals surface area contributed by atoms with Crippen LogP contribution in [0.5, 0.6) is 5.75 Å². The highest BCUT2D eigenvalue weighted by molar-refractivity contribution is 5.82. The van der Waals surface area contributed by atoms with Crippen molar-refractivity contribution < 1.29 is 30.0 Å². The van der Waals surface area contributed by atoms with E-state index in [0.717, 1.165) is 29.8 Å². The van der Waals surface area contributed by atoms with Gasteiger partial charge in [-0.25, -0.2) is 4.39 Å². The Morgan fingerprint density at radius 1 is 0.864 bits per heavy atom. The van der Waals surface area contributed by atoms with Crippen molar-refractivity contribution >= 4 is 17.8 Å². The normalized spacial score (nSPS) is 17.9. The fraction of sp³-hybridized carbons (Fsp3) is 0.417. The molecule has 2 fully saturated rings. The molecule has 1 aliphatic carbocycles. The first-order valence-corrected chi connectivity index (χ1v) is 15.5. The number of carboxylic acid groups (broad SMARTS) is 1. The maximum absolute atomic E-state index is 12.7. The number of aliphatic carboxylic acids is 1. The lowest BCUT2D eigenvalue weighted by atomic mass is 9.82. The second-order valence-corrected chi connectivity index (χ2v) is 11.7. The third-order valence-electron chi connectivity index (χ3n) is 8.39. The predicted octanol–water partition coefficient (Wildman–Crippen LogP) is 6.11. The average molecular weight is 605 g/mol. The Hall–Kier alpha value is -4.20. The molecule has 2 N–H and O–H groups in total. The fourth-order valence-electron chi connectivity index (χ4n) is 6.00. The summed E-state index contributed by atoms with van der Waals surface area (Å²) in [6.45, 7) is 1.62. The molecule has 44 heavy (non-hydrogen) atoms. The predicted molar refractivity (Wildman–Crippen MR) is 170 cm³/mol. The van der Waals surface area contributed by atoms with Crippen LogP contribution in [-0.2, 0) is 33.8 Å². The minimum Gasteiger partial charge on any atom is -0.491 e. The van der Waals surface area contributed by atoms with Crippen LogP contribution in [0.1, 0.15) is 50.2 Å². The van der Waals surface area contributed by atoms with Crippen LogP contribution in [0, 0.1) is 17.8 Å². The monoisotopic (exact) mass is 604 g/mol. The first-order chi connectivity index (χ1) is 21.4. The molecule has 0 aromatic heterocycles. The summed E-state index contributed by atoms with van der Waals surface area (Å²) in [7, 11) is 0. The molecule has 2 amide bonds. The van der Waals surface area contributed by atoms with E-state index in [2.05, 4.69) is 5.32 Å². The summed E-state index contributed by atoms with van der Waals surface area (Å²) in [4.78, 5) is 37.9. The summed E-state index contributed by atoms with van der Waals surface area (Å²) in [6.07, 6.45) is 5.63. The number of alkyl halides is 1. The smallest absolute Gasteiger partial charge is 0.307 e. The number of rotatable bonds is 12. The van der Waals surface area contributed by atoms with Crippen molar-refractivity contribution in [3.05, 3.63) is 102 Å². The zero-order valence-corrected chi connectivity index (χ0v) is 25.2. The Bertz CT molecular complexity index is 1310. The molecule has 3 atom stereocenters. The van der Waals surface area contributed by atoms with Gasteiger partial charge in [-0.2, -0.15) is 0 Å². The van der Waals surface area contributed by atoms with Crippen LogP contribution in [0.2, 0.25) is 0 Å². The molecule has 0 bridgehead atoms. The van der Waals surface area contributed by atoms with E-state index in [-0.39, 0.29) is 26.3 Å². The van der Waals surface area contributed by atoms with Gasteiger partial charge >= 0.3 is 5.97 Å². The van der Waals surface area contributed by atoms with Gasteiger partial charge in [-0.3, -0.25) is 14.4 Å². The van der Waals surface area contributed by atoms with Gasteiger partial charge in [-0.1, -0.05) is 85.6 Å². The Kier molecular flexibility index (Phi) is 12.8. The first kappa shape index (κ1) is 32.7. The minimum atomic E-state index is -0.947. The Balaban J connectivity index is 0.000000265. The van der Waals surface area contributed by atoms with Gasteiger partial charge in [-0.05, 0) is 59.9 Å². The van der Waals surface area contributed by atoms with Gasteiger partial charge in [0.1, 0.15) is 19.0 Å².